The van der Waals surface area contributed by atoms with E-state index >= 15 is 0 Å². The fourth-order valence-electron chi connectivity index (χ4n) is 1.99. The van der Waals surface area contributed by atoms with Crippen LogP contribution in [0.2, 0.25) is 0 Å². The minimum absolute atomic E-state index is 0.563. The van der Waals surface area contributed by atoms with Crippen LogP contribution in [0.3, 0.4) is 0 Å². The Bertz CT molecular complexity index is 187. The highest BCUT2D eigenvalue weighted by molar-refractivity contribution is 4.90. The second-order valence-electron chi connectivity index (χ2n) is 4.44. The molecule has 0 aromatic heterocycles. The van der Waals surface area contributed by atoms with Crippen molar-refractivity contribution in [2.24, 2.45) is 5.92 Å². The molecule has 1 atom stereocenters. The molecule has 0 aromatic carbocycles. The molecule has 0 bridgehead atoms. The number of rotatable bonds is 4. The van der Waals surface area contributed by atoms with Crippen LogP contribution in [0.1, 0.15) is 26.7 Å². The van der Waals surface area contributed by atoms with E-state index in [2.05, 4.69) is 30.0 Å². The Morgan fingerprint density at radius 1 is 1.57 bits per heavy atom. The van der Waals surface area contributed by atoms with Gasteiger partial charge in [-0.25, -0.2) is 0 Å². The van der Waals surface area contributed by atoms with Crippen molar-refractivity contribution >= 4 is 0 Å². The summed E-state index contributed by atoms with van der Waals surface area (Å²) in [5.41, 5.74) is 0. The minimum Gasteiger partial charge on any atom is -0.316 e. The number of piperidine rings is 1. The van der Waals surface area contributed by atoms with Gasteiger partial charge in [-0.15, -0.1) is 6.42 Å². The molecule has 1 rings (SSSR count). The highest BCUT2D eigenvalue weighted by Gasteiger charge is 2.17. The lowest BCUT2D eigenvalue weighted by molar-refractivity contribution is 0.191. The van der Waals surface area contributed by atoms with Gasteiger partial charge in [0.05, 0.1) is 6.54 Å². The molecule has 2 heteroatoms. The molecule has 0 aliphatic carbocycles. The lowest BCUT2D eigenvalue weighted by Gasteiger charge is -2.31. The number of hydrogen-bond acceptors (Lipinski definition) is 2. The van der Waals surface area contributed by atoms with Gasteiger partial charge in [-0.1, -0.05) is 5.92 Å². The summed E-state index contributed by atoms with van der Waals surface area (Å²) in [6.07, 6.45) is 8.03. The Morgan fingerprint density at radius 3 is 2.86 bits per heavy atom. The van der Waals surface area contributed by atoms with E-state index < -0.39 is 0 Å². The first-order valence-electron chi connectivity index (χ1n) is 5.62. The number of nitrogens with one attached hydrogen (secondary N) is 1. The third kappa shape index (κ3) is 3.69. The quantitative estimate of drug-likeness (QED) is 0.679. The van der Waals surface area contributed by atoms with Gasteiger partial charge in [0.2, 0.25) is 0 Å². The van der Waals surface area contributed by atoms with Gasteiger partial charge in [-0.05, 0) is 45.7 Å². The number of nitrogens with zero attached hydrogens (tertiary/aromatic N) is 1. The maximum atomic E-state index is 5.37. The molecule has 14 heavy (non-hydrogen) atoms. The summed E-state index contributed by atoms with van der Waals surface area (Å²) < 4.78 is 0. The van der Waals surface area contributed by atoms with Gasteiger partial charge in [-0.2, -0.15) is 0 Å². The third-order valence-corrected chi connectivity index (χ3v) is 2.92. The van der Waals surface area contributed by atoms with Crippen LogP contribution in [-0.2, 0) is 0 Å². The van der Waals surface area contributed by atoms with Crippen LogP contribution in [0.5, 0.6) is 0 Å². The Morgan fingerprint density at radius 2 is 2.36 bits per heavy atom. The van der Waals surface area contributed by atoms with E-state index in [0.717, 1.165) is 25.6 Å². The predicted octanol–water partition coefficient (Wildman–Crippen LogP) is 1.33. The van der Waals surface area contributed by atoms with Crippen LogP contribution in [0.25, 0.3) is 0 Å². The van der Waals surface area contributed by atoms with E-state index in [0.29, 0.717) is 6.04 Å². The van der Waals surface area contributed by atoms with Gasteiger partial charge in [0.1, 0.15) is 0 Å². The van der Waals surface area contributed by atoms with Crippen molar-refractivity contribution < 1.29 is 0 Å². The van der Waals surface area contributed by atoms with Crippen LogP contribution in [0.4, 0.5) is 0 Å². The third-order valence-electron chi connectivity index (χ3n) is 2.92. The average molecular weight is 194 g/mol. The molecule has 1 fully saturated rings. The summed E-state index contributed by atoms with van der Waals surface area (Å²) in [6.45, 7) is 8.71. The van der Waals surface area contributed by atoms with Crippen molar-refractivity contribution in [2.75, 3.05) is 26.2 Å². The Balaban J connectivity index is 2.34. The van der Waals surface area contributed by atoms with E-state index in [1.165, 1.54) is 19.4 Å². The van der Waals surface area contributed by atoms with Crippen LogP contribution in [0, 0.1) is 18.3 Å². The van der Waals surface area contributed by atoms with Crippen LogP contribution >= 0.6 is 0 Å². The van der Waals surface area contributed by atoms with Crippen LogP contribution < -0.4 is 5.32 Å². The van der Waals surface area contributed by atoms with Gasteiger partial charge in [-0.3, -0.25) is 4.90 Å². The summed E-state index contributed by atoms with van der Waals surface area (Å²) >= 11 is 0. The van der Waals surface area contributed by atoms with Crippen molar-refractivity contribution in [1.82, 2.24) is 10.2 Å². The lowest BCUT2D eigenvalue weighted by Crippen LogP contribution is -2.41. The van der Waals surface area contributed by atoms with Crippen LogP contribution in [-0.4, -0.2) is 37.1 Å². The summed E-state index contributed by atoms with van der Waals surface area (Å²) in [5, 5.41) is 3.44. The van der Waals surface area contributed by atoms with E-state index in [1.807, 2.05) is 0 Å². The summed E-state index contributed by atoms with van der Waals surface area (Å²) in [7, 11) is 0. The summed E-state index contributed by atoms with van der Waals surface area (Å²) in [5.74, 6) is 3.54. The Kier molecular flexibility index (Phi) is 5.00. The maximum Gasteiger partial charge on any atom is 0.0601 e. The standard InChI is InChI=1S/C12H22N2/c1-4-8-14(11(2)3)10-12-6-5-7-13-9-12/h1,11-13H,5-10H2,2-3H3. The first-order valence-corrected chi connectivity index (χ1v) is 5.62. The van der Waals surface area contributed by atoms with E-state index in [-0.39, 0.29) is 0 Å². The minimum atomic E-state index is 0.563. The molecule has 0 saturated carbocycles. The fourth-order valence-corrected chi connectivity index (χ4v) is 1.99. The monoisotopic (exact) mass is 194 g/mol. The van der Waals surface area contributed by atoms with Gasteiger partial charge >= 0.3 is 0 Å². The lowest BCUT2D eigenvalue weighted by atomic mass is 9.98. The molecule has 2 nitrogen and oxygen atoms in total. The Hall–Kier alpha value is -0.520. The molecule has 0 radical (unpaired) electrons. The molecule has 1 N–H and O–H groups in total. The highest BCUT2D eigenvalue weighted by atomic mass is 15.1. The predicted molar refractivity (Wildman–Crippen MR) is 61.1 cm³/mol. The first-order chi connectivity index (χ1) is 6.74. The zero-order chi connectivity index (χ0) is 10.4. The molecule has 0 aromatic rings. The van der Waals surface area contributed by atoms with Crippen molar-refractivity contribution in [3.63, 3.8) is 0 Å². The van der Waals surface area contributed by atoms with Crippen molar-refractivity contribution in [1.29, 1.82) is 0 Å². The van der Waals surface area contributed by atoms with Crippen LogP contribution in [0.15, 0.2) is 0 Å². The fraction of sp³-hybridized carbons (Fsp3) is 0.833. The maximum absolute atomic E-state index is 5.37. The largest absolute Gasteiger partial charge is 0.316 e. The van der Waals surface area contributed by atoms with E-state index in [4.69, 9.17) is 6.42 Å². The van der Waals surface area contributed by atoms with Crippen molar-refractivity contribution in [2.45, 2.75) is 32.7 Å². The normalized spacial score (nSPS) is 22.6. The Labute approximate surface area is 88.1 Å². The van der Waals surface area contributed by atoms with Crippen molar-refractivity contribution in [3.8, 4) is 12.3 Å². The number of terminal acetylenes is 1. The van der Waals surface area contributed by atoms with Gasteiger partial charge in [0, 0.05) is 12.6 Å². The highest BCUT2D eigenvalue weighted by Crippen LogP contribution is 2.12. The molecule has 80 valence electrons. The van der Waals surface area contributed by atoms with Gasteiger partial charge < -0.3 is 5.32 Å². The zero-order valence-corrected chi connectivity index (χ0v) is 9.42. The summed E-state index contributed by atoms with van der Waals surface area (Å²) in [4.78, 5) is 2.39. The second-order valence-corrected chi connectivity index (χ2v) is 4.44. The smallest absolute Gasteiger partial charge is 0.0601 e. The average Bonchev–Trinajstić information content (AvgIpc) is 2.18. The number of hydrogen-bond donors (Lipinski definition) is 1. The van der Waals surface area contributed by atoms with Gasteiger partial charge in [0.25, 0.3) is 0 Å². The molecular weight excluding hydrogens is 172 g/mol. The summed E-state index contributed by atoms with van der Waals surface area (Å²) in [6, 6.07) is 0.563. The topological polar surface area (TPSA) is 15.3 Å². The first kappa shape index (κ1) is 11.6. The molecule has 1 saturated heterocycles. The molecule has 1 aliphatic heterocycles. The molecule has 1 heterocycles. The van der Waals surface area contributed by atoms with Crippen molar-refractivity contribution in [3.05, 3.63) is 0 Å². The molecule has 0 amide bonds. The van der Waals surface area contributed by atoms with Gasteiger partial charge in [0.15, 0.2) is 0 Å². The van der Waals surface area contributed by atoms with E-state index in [9.17, 15) is 0 Å². The molecule has 0 spiro atoms. The molecule has 1 aliphatic rings. The molecule has 1 unspecified atom stereocenters. The zero-order valence-electron chi connectivity index (χ0n) is 9.42. The SMILES string of the molecule is C#CCN(CC1CCCNC1)C(C)C. The van der Waals surface area contributed by atoms with E-state index in [1.54, 1.807) is 0 Å². The molecular formula is C12H22N2. The second kappa shape index (κ2) is 6.06.